The van der Waals surface area contributed by atoms with Crippen LogP contribution in [0.2, 0.25) is 0 Å². The smallest absolute Gasteiger partial charge is 0.308 e. The monoisotopic (exact) mass is 261 g/mol. The Hall–Kier alpha value is -2.11. The van der Waals surface area contributed by atoms with E-state index in [9.17, 15) is 9.59 Å². The standard InChI is InChI=1S/C13H15N3O3/c1-19-13(18)8-4-6-16-10(7-8)12(17)15-9-3-2-5-14-11(9)16/h2-3,5,8,10H,4,6-7H2,1H3,(H,15,17). The number of carbonyl (C=O) groups excluding carboxylic acids is 2. The van der Waals surface area contributed by atoms with Crippen LogP contribution in [0, 0.1) is 5.92 Å². The molecule has 3 rings (SSSR count). The second-order valence-electron chi connectivity index (χ2n) is 4.82. The highest BCUT2D eigenvalue weighted by Crippen LogP contribution is 2.35. The van der Waals surface area contributed by atoms with Crippen molar-refractivity contribution >= 4 is 23.4 Å². The summed E-state index contributed by atoms with van der Waals surface area (Å²) in [5.41, 5.74) is 0.736. The Morgan fingerprint density at radius 3 is 3.21 bits per heavy atom. The molecule has 0 saturated carbocycles. The van der Waals surface area contributed by atoms with Gasteiger partial charge in [-0.1, -0.05) is 0 Å². The van der Waals surface area contributed by atoms with Crippen LogP contribution in [-0.2, 0) is 14.3 Å². The first kappa shape index (κ1) is 12.0. The van der Waals surface area contributed by atoms with E-state index >= 15 is 0 Å². The van der Waals surface area contributed by atoms with Crippen molar-refractivity contribution < 1.29 is 14.3 Å². The predicted molar refractivity (Wildman–Crippen MR) is 68.7 cm³/mol. The molecule has 2 aliphatic heterocycles. The average Bonchev–Trinajstić information content (AvgIpc) is 2.46. The number of nitrogens with zero attached hydrogens (tertiary/aromatic N) is 2. The number of aromatic nitrogens is 1. The molecule has 2 aliphatic rings. The zero-order valence-electron chi connectivity index (χ0n) is 10.6. The fraction of sp³-hybridized carbons (Fsp3) is 0.462. The third kappa shape index (κ3) is 1.93. The Labute approximate surface area is 110 Å². The van der Waals surface area contributed by atoms with Gasteiger partial charge in [-0.05, 0) is 25.0 Å². The van der Waals surface area contributed by atoms with Gasteiger partial charge in [0.1, 0.15) is 6.04 Å². The molecule has 1 aromatic heterocycles. The molecule has 6 nitrogen and oxygen atoms in total. The molecular formula is C13H15N3O3. The molecule has 6 heteroatoms. The second kappa shape index (κ2) is 4.53. The third-order valence-electron chi connectivity index (χ3n) is 3.76. The fourth-order valence-corrected chi connectivity index (χ4v) is 2.79. The zero-order valence-corrected chi connectivity index (χ0v) is 10.6. The number of piperidine rings is 1. The van der Waals surface area contributed by atoms with Gasteiger partial charge in [0.2, 0.25) is 5.91 Å². The molecule has 19 heavy (non-hydrogen) atoms. The third-order valence-corrected chi connectivity index (χ3v) is 3.76. The summed E-state index contributed by atoms with van der Waals surface area (Å²) in [5.74, 6) is 0.269. The number of carbonyl (C=O) groups is 2. The van der Waals surface area contributed by atoms with Crippen LogP contribution in [0.5, 0.6) is 0 Å². The average molecular weight is 261 g/mol. The lowest BCUT2D eigenvalue weighted by molar-refractivity contribution is -0.146. The number of methoxy groups -OCH3 is 1. The van der Waals surface area contributed by atoms with Gasteiger partial charge in [0.25, 0.3) is 0 Å². The largest absolute Gasteiger partial charge is 0.469 e. The van der Waals surface area contributed by atoms with E-state index in [0.29, 0.717) is 19.4 Å². The van der Waals surface area contributed by atoms with Crippen LogP contribution >= 0.6 is 0 Å². The molecule has 0 spiro atoms. The van der Waals surface area contributed by atoms with E-state index in [-0.39, 0.29) is 23.8 Å². The lowest BCUT2D eigenvalue weighted by Gasteiger charge is -2.41. The van der Waals surface area contributed by atoms with Crippen molar-refractivity contribution in [1.29, 1.82) is 0 Å². The molecular weight excluding hydrogens is 246 g/mol. The first-order valence-corrected chi connectivity index (χ1v) is 6.31. The number of rotatable bonds is 1. The molecule has 2 atom stereocenters. The summed E-state index contributed by atoms with van der Waals surface area (Å²) in [6, 6.07) is 3.30. The Balaban J connectivity index is 1.88. The summed E-state index contributed by atoms with van der Waals surface area (Å²) in [5, 5.41) is 2.84. The SMILES string of the molecule is COC(=O)C1CCN2c3ncccc3NC(=O)C2C1. The molecule has 0 radical (unpaired) electrons. The van der Waals surface area contributed by atoms with Crippen molar-refractivity contribution in [2.75, 3.05) is 23.9 Å². The van der Waals surface area contributed by atoms with Gasteiger partial charge in [0, 0.05) is 12.7 Å². The number of hydrogen-bond donors (Lipinski definition) is 1. The molecule has 1 fully saturated rings. The summed E-state index contributed by atoms with van der Waals surface area (Å²) < 4.78 is 4.77. The molecule has 0 aliphatic carbocycles. The highest BCUT2D eigenvalue weighted by molar-refractivity contribution is 6.03. The quantitative estimate of drug-likeness (QED) is 0.757. The predicted octanol–water partition coefficient (Wildman–Crippen LogP) is 0.792. The molecule has 0 bridgehead atoms. The lowest BCUT2D eigenvalue weighted by Crippen LogP contribution is -2.53. The van der Waals surface area contributed by atoms with Crippen LogP contribution in [-0.4, -0.2) is 36.6 Å². The van der Waals surface area contributed by atoms with Crippen molar-refractivity contribution in [1.82, 2.24) is 4.98 Å². The van der Waals surface area contributed by atoms with Crippen LogP contribution in [0.15, 0.2) is 18.3 Å². The number of amides is 1. The molecule has 100 valence electrons. The van der Waals surface area contributed by atoms with Crippen LogP contribution in [0.1, 0.15) is 12.8 Å². The van der Waals surface area contributed by atoms with Gasteiger partial charge in [-0.2, -0.15) is 0 Å². The van der Waals surface area contributed by atoms with Crippen LogP contribution in [0.4, 0.5) is 11.5 Å². The van der Waals surface area contributed by atoms with Crippen molar-refractivity contribution in [3.63, 3.8) is 0 Å². The molecule has 1 aromatic rings. The molecule has 3 heterocycles. The molecule has 1 N–H and O–H groups in total. The zero-order chi connectivity index (χ0) is 13.4. The van der Waals surface area contributed by atoms with Gasteiger partial charge in [0.05, 0.1) is 18.7 Å². The number of esters is 1. The van der Waals surface area contributed by atoms with E-state index in [4.69, 9.17) is 4.74 Å². The van der Waals surface area contributed by atoms with Crippen LogP contribution in [0.3, 0.4) is 0 Å². The number of pyridine rings is 1. The van der Waals surface area contributed by atoms with Crippen molar-refractivity contribution in [2.45, 2.75) is 18.9 Å². The summed E-state index contributed by atoms with van der Waals surface area (Å²) >= 11 is 0. The Morgan fingerprint density at radius 1 is 1.58 bits per heavy atom. The minimum Gasteiger partial charge on any atom is -0.469 e. The minimum atomic E-state index is -0.333. The first-order chi connectivity index (χ1) is 9.20. The molecule has 0 aromatic carbocycles. The fourth-order valence-electron chi connectivity index (χ4n) is 2.79. The van der Waals surface area contributed by atoms with E-state index in [1.54, 1.807) is 12.3 Å². The topological polar surface area (TPSA) is 71.5 Å². The van der Waals surface area contributed by atoms with Crippen molar-refractivity contribution in [3.8, 4) is 0 Å². The van der Waals surface area contributed by atoms with E-state index in [0.717, 1.165) is 11.5 Å². The van der Waals surface area contributed by atoms with Crippen molar-refractivity contribution in [3.05, 3.63) is 18.3 Å². The van der Waals surface area contributed by atoms with Gasteiger partial charge in [-0.25, -0.2) is 4.98 Å². The molecule has 1 saturated heterocycles. The summed E-state index contributed by atoms with van der Waals surface area (Å²) in [7, 11) is 1.38. The number of fused-ring (bicyclic) bond motifs is 3. The normalized spacial score (nSPS) is 25.1. The Bertz CT molecular complexity index is 532. The Kier molecular flexibility index (Phi) is 2.85. The first-order valence-electron chi connectivity index (χ1n) is 6.31. The van der Waals surface area contributed by atoms with Gasteiger partial charge in [-0.15, -0.1) is 0 Å². The summed E-state index contributed by atoms with van der Waals surface area (Å²) in [4.78, 5) is 30.0. The maximum atomic E-state index is 12.1. The summed E-state index contributed by atoms with van der Waals surface area (Å²) in [6.45, 7) is 0.641. The summed E-state index contributed by atoms with van der Waals surface area (Å²) in [6.07, 6.45) is 2.88. The number of anilines is 2. The van der Waals surface area contributed by atoms with Gasteiger partial charge in [-0.3, -0.25) is 9.59 Å². The lowest BCUT2D eigenvalue weighted by atomic mass is 9.89. The van der Waals surface area contributed by atoms with Gasteiger partial charge >= 0.3 is 5.97 Å². The number of nitrogens with one attached hydrogen (secondary N) is 1. The molecule has 1 amide bonds. The second-order valence-corrected chi connectivity index (χ2v) is 4.82. The van der Waals surface area contributed by atoms with Crippen LogP contribution in [0.25, 0.3) is 0 Å². The van der Waals surface area contributed by atoms with Crippen molar-refractivity contribution in [2.24, 2.45) is 5.92 Å². The minimum absolute atomic E-state index is 0.0749. The number of ether oxygens (including phenoxy) is 1. The highest BCUT2D eigenvalue weighted by Gasteiger charge is 2.40. The van der Waals surface area contributed by atoms with Gasteiger partial charge < -0.3 is 15.0 Å². The maximum Gasteiger partial charge on any atom is 0.308 e. The van der Waals surface area contributed by atoms with Crippen LogP contribution < -0.4 is 10.2 Å². The van der Waals surface area contributed by atoms with E-state index < -0.39 is 0 Å². The van der Waals surface area contributed by atoms with Gasteiger partial charge in [0.15, 0.2) is 5.82 Å². The Morgan fingerprint density at radius 2 is 2.42 bits per heavy atom. The van der Waals surface area contributed by atoms with E-state index in [2.05, 4.69) is 10.3 Å². The highest BCUT2D eigenvalue weighted by atomic mass is 16.5. The molecule has 2 unspecified atom stereocenters. The number of hydrogen-bond acceptors (Lipinski definition) is 5. The maximum absolute atomic E-state index is 12.1. The van der Waals surface area contributed by atoms with E-state index in [1.807, 2.05) is 11.0 Å². The van der Waals surface area contributed by atoms with E-state index in [1.165, 1.54) is 7.11 Å².